The lowest BCUT2D eigenvalue weighted by Gasteiger charge is -2.15. The smallest absolute Gasteiger partial charge is 0.0781 e. The van der Waals surface area contributed by atoms with E-state index < -0.39 is 0 Å². The molecule has 1 aliphatic carbocycles. The zero-order valence-corrected chi connectivity index (χ0v) is 10.8. The van der Waals surface area contributed by atoms with Gasteiger partial charge >= 0.3 is 0 Å². The van der Waals surface area contributed by atoms with Gasteiger partial charge in [-0.25, -0.2) is 0 Å². The van der Waals surface area contributed by atoms with Gasteiger partial charge in [0.1, 0.15) is 0 Å². The summed E-state index contributed by atoms with van der Waals surface area (Å²) in [4.78, 5) is 0. The molecule has 0 aromatic heterocycles. The van der Waals surface area contributed by atoms with Crippen LogP contribution >= 0.6 is 24.0 Å². The average molecular weight is 246 g/mol. The molecule has 0 heterocycles. The molecule has 0 amide bonds. The number of hydrogen-bond donors (Lipinski definition) is 0. The predicted octanol–water partition coefficient (Wildman–Crippen LogP) is 4.23. The van der Waals surface area contributed by atoms with Crippen LogP contribution in [-0.2, 0) is 0 Å². The summed E-state index contributed by atoms with van der Waals surface area (Å²) in [6.45, 7) is 2.23. The molecule has 0 bridgehead atoms. The van der Waals surface area contributed by atoms with Crippen molar-refractivity contribution < 1.29 is 0 Å². The SMILES string of the molecule is CC(SC(=S)c1ccccc1)C1C=CC=C1. The minimum absolute atomic E-state index is 0.503. The first-order valence-electron chi connectivity index (χ1n) is 5.38. The average Bonchev–Trinajstić information content (AvgIpc) is 2.83. The monoisotopic (exact) mass is 246 g/mol. The van der Waals surface area contributed by atoms with Crippen LogP contribution in [0.25, 0.3) is 0 Å². The molecular formula is C14H14S2. The molecule has 2 heteroatoms. The molecule has 82 valence electrons. The Morgan fingerprint density at radius 1 is 1.19 bits per heavy atom. The molecule has 2 rings (SSSR count). The van der Waals surface area contributed by atoms with E-state index in [-0.39, 0.29) is 0 Å². The molecule has 0 N–H and O–H groups in total. The number of rotatable bonds is 3. The van der Waals surface area contributed by atoms with Crippen molar-refractivity contribution >= 4 is 28.2 Å². The second kappa shape index (κ2) is 5.46. The van der Waals surface area contributed by atoms with Crippen LogP contribution < -0.4 is 0 Å². The summed E-state index contributed by atoms with van der Waals surface area (Å²) in [6.07, 6.45) is 8.66. The van der Waals surface area contributed by atoms with Crippen LogP contribution in [-0.4, -0.2) is 9.45 Å². The lowest BCUT2D eigenvalue weighted by Crippen LogP contribution is -2.10. The fourth-order valence-electron chi connectivity index (χ4n) is 1.65. The summed E-state index contributed by atoms with van der Waals surface area (Å²) in [6, 6.07) is 10.2. The van der Waals surface area contributed by atoms with Gasteiger partial charge in [0.05, 0.1) is 4.20 Å². The molecule has 0 saturated heterocycles. The molecule has 0 nitrogen and oxygen atoms in total. The zero-order chi connectivity index (χ0) is 11.4. The van der Waals surface area contributed by atoms with Crippen LogP contribution in [0.3, 0.4) is 0 Å². The van der Waals surface area contributed by atoms with Gasteiger partial charge in [-0.2, -0.15) is 0 Å². The third-order valence-corrected chi connectivity index (χ3v) is 4.28. The Hall–Kier alpha value is -0.860. The molecule has 0 radical (unpaired) electrons. The van der Waals surface area contributed by atoms with Crippen LogP contribution in [0.15, 0.2) is 54.6 Å². The third-order valence-electron chi connectivity index (χ3n) is 2.62. The molecular weight excluding hydrogens is 232 g/mol. The molecule has 0 saturated carbocycles. The maximum atomic E-state index is 5.45. The van der Waals surface area contributed by atoms with E-state index in [0.717, 1.165) is 9.76 Å². The highest BCUT2D eigenvalue weighted by molar-refractivity contribution is 8.24. The van der Waals surface area contributed by atoms with Gasteiger partial charge in [-0.05, 0) is 5.56 Å². The van der Waals surface area contributed by atoms with Crippen molar-refractivity contribution in [3.05, 3.63) is 60.2 Å². The Morgan fingerprint density at radius 3 is 2.44 bits per heavy atom. The van der Waals surface area contributed by atoms with Crippen molar-refractivity contribution in [1.82, 2.24) is 0 Å². The van der Waals surface area contributed by atoms with Crippen LogP contribution in [0.2, 0.25) is 0 Å². The quantitative estimate of drug-likeness (QED) is 0.732. The first-order valence-corrected chi connectivity index (χ1v) is 6.67. The van der Waals surface area contributed by atoms with Gasteiger partial charge in [0.2, 0.25) is 0 Å². The number of hydrogen-bond acceptors (Lipinski definition) is 2. The minimum atomic E-state index is 0.503. The van der Waals surface area contributed by atoms with E-state index in [1.807, 2.05) is 18.2 Å². The van der Waals surface area contributed by atoms with E-state index in [1.165, 1.54) is 0 Å². The third kappa shape index (κ3) is 2.83. The standard InChI is InChI=1S/C14H14S2/c1-11(12-7-5-6-8-12)16-14(15)13-9-3-2-4-10-13/h2-12H,1H3. The van der Waals surface area contributed by atoms with Gasteiger partial charge in [-0.15, -0.1) is 11.8 Å². The first-order chi connectivity index (χ1) is 7.77. The second-order valence-corrected chi connectivity index (χ2v) is 5.88. The van der Waals surface area contributed by atoms with E-state index in [2.05, 4.69) is 43.4 Å². The van der Waals surface area contributed by atoms with E-state index >= 15 is 0 Å². The van der Waals surface area contributed by atoms with Gasteiger partial charge in [-0.3, -0.25) is 0 Å². The Labute approximate surface area is 106 Å². The topological polar surface area (TPSA) is 0 Å². The number of benzene rings is 1. The van der Waals surface area contributed by atoms with Crippen LogP contribution in [0.1, 0.15) is 12.5 Å². The Morgan fingerprint density at radius 2 is 1.81 bits per heavy atom. The molecule has 1 aliphatic rings. The van der Waals surface area contributed by atoms with E-state index in [4.69, 9.17) is 12.2 Å². The summed E-state index contributed by atoms with van der Waals surface area (Å²) in [7, 11) is 0. The number of thioether (sulfide) groups is 1. The Balaban J connectivity index is 1.97. The van der Waals surface area contributed by atoms with Crippen molar-refractivity contribution in [3.8, 4) is 0 Å². The van der Waals surface area contributed by atoms with Crippen LogP contribution in [0, 0.1) is 5.92 Å². The highest BCUT2D eigenvalue weighted by atomic mass is 32.2. The van der Waals surface area contributed by atoms with Gasteiger partial charge in [0, 0.05) is 11.2 Å². The van der Waals surface area contributed by atoms with Crippen LogP contribution in [0.4, 0.5) is 0 Å². The van der Waals surface area contributed by atoms with E-state index in [9.17, 15) is 0 Å². The van der Waals surface area contributed by atoms with Crippen molar-refractivity contribution in [2.45, 2.75) is 12.2 Å². The van der Waals surface area contributed by atoms with Crippen molar-refractivity contribution in [2.24, 2.45) is 5.92 Å². The van der Waals surface area contributed by atoms with E-state index in [0.29, 0.717) is 11.2 Å². The lowest BCUT2D eigenvalue weighted by molar-refractivity contribution is 0.808. The summed E-state index contributed by atoms with van der Waals surface area (Å²) < 4.78 is 0.988. The number of allylic oxidation sites excluding steroid dienone is 4. The first kappa shape index (κ1) is 11.6. The molecule has 1 aromatic carbocycles. The molecule has 1 aromatic rings. The minimum Gasteiger partial charge on any atom is -0.110 e. The highest BCUT2D eigenvalue weighted by Gasteiger charge is 2.16. The molecule has 1 unspecified atom stereocenters. The fraction of sp³-hybridized carbons (Fsp3) is 0.214. The fourth-order valence-corrected chi connectivity index (χ4v) is 3.19. The summed E-state index contributed by atoms with van der Waals surface area (Å²) in [5, 5.41) is 0.503. The zero-order valence-electron chi connectivity index (χ0n) is 9.17. The molecule has 16 heavy (non-hydrogen) atoms. The maximum Gasteiger partial charge on any atom is 0.0781 e. The summed E-state index contributed by atoms with van der Waals surface area (Å²) >= 11 is 7.23. The molecule has 0 spiro atoms. The largest absolute Gasteiger partial charge is 0.110 e. The van der Waals surface area contributed by atoms with Gasteiger partial charge in [-0.1, -0.05) is 73.8 Å². The van der Waals surface area contributed by atoms with Gasteiger partial charge < -0.3 is 0 Å². The highest BCUT2D eigenvalue weighted by Crippen LogP contribution is 2.28. The Bertz CT molecular complexity index is 406. The van der Waals surface area contributed by atoms with Crippen molar-refractivity contribution in [2.75, 3.05) is 0 Å². The molecule has 0 aliphatic heterocycles. The maximum absolute atomic E-state index is 5.45. The van der Waals surface area contributed by atoms with Crippen molar-refractivity contribution in [3.63, 3.8) is 0 Å². The van der Waals surface area contributed by atoms with Crippen molar-refractivity contribution in [1.29, 1.82) is 0 Å². The van der Waals surface area contributed by atoms with Gasteiger partial charge in [0.15, 0.2) is 0 Å². The summed E-state index contributed by atoms with van der Waals surface area (Å²) in [5.41, 5.74) is 1.15. The number of thiocarbonyl (C=S) groups is 1. The van der Waals surface area contributed by atoms with E-state index in [1.54, 1.807) is 11.8 Å². The normalized spacial score (nSPS) is 16.6. The van der Waals surface area contributed by atoms with Gasteiger partial charge in [0.25, 0.3) is 0 Å². The van der Waals surface area contributed by atoms with Crippen LogP contribution in [0.5, 0.6) is 0 Å². The Kier molecular flexibility index (Phi) is 3.97. The predicted molar refractivity (Wildman–Crippen MR) is 77.0 cm³/mol. The summed E-state index contributed by atoms with van der Waals surface area (Å²) in [5.74, 6) is 0.520. The second-order valence-electron chi connectivity index (χ2n) is 3.82. The molecule has 0 fully saturated rings. The lowest BCUT2D eigenvalue weighted by atomic mass is 10.1. The molecule has 1 atom stereocenters.